The van der Waals surface area contributed by atoms with E-state index in [0.717, 1.165) is 17.0 Å². The summed E-state index contributed by atoms with van der Waals surface area (Å²) in [5, 5.41) is 14.5. The van der Waals surface area contributed by atoms with E-state index in [1.807, 2.05) is 6.07 Å². The number of carbonyl (C=O) groups is 1. The lowest BCUT2D eigenvalue weighted by atomic mass is 10.1. The lowest BCUT2D eigenvalue weighted by molar-refractivity contribution is -0.126. The lowest BCUT2D eigenvalue weighted by Crippen LogP contribution is -2.22. The normalized spacial score (nSPS) is 14.2. The average Bonchev–Trinajstić information content (AvgIpc) is 2.65. The highest BCUT2D eigenvalue weighted by Crippen LogP contribution is 2.34. The molecular weight excluding hydrogens is 248 g/mol. The summed E-state index contributed by atoms with van der Waals surface area (Å²) in [7, 11) is 0. The molecular formula is C10H9F2N3OS. The van der Waals surface area contributed by atoms with E-state index < -0.39 is 12.3 Å². The van der Waals surface area contributed by atoms with Gasteiger partial charge in [-0.1, -0.05) is 0 Å². The molecule has 0 aliphatic carbocycles. The van der Waals surface area contributed by atoms with Gasteiger partial charge in [-0.15, -0.1) is 11.3 Å². The molecule has 2 heterocycles. The fourth-order valence-electron chi connectivity index (χ4n) is 1.71. The zero-order chi connectivity index (χ0) is 12.4. The van der Waals surface area contributed by atoms with Crippen LogP contribution in [0.3, 0.4) is 0 Å². The van der Waals surface area contributed by atoms with Gasteiger partial charge in [-0.2, -0.15) is 14.0 Å². The molecule has 0 atom stereocenters. The summed E-state index contributed by atoms with van der Waals surface area (Å²) in [6.07, 6.45) is -2.39. The Labute approximate surface area is 100 Å². The van der Waals surface area contributed by atoms with Crippen molar-refractivity contribution in [1.82, 2.24) is 5.32 Å². The number of hydrogen-bond acceptors (Lipinski definition) is 4. The predicted molar refractivity (Wildman–Crippen MR) is 59.1 cm³/mol. The van der Waals surface area contributed by atoms with Crippen LogP contribution in [0.2, 0.25) is 0 Å². The van der Waals surface area contributed by atoms with Crippen molar-refractivity contribution < 1.29 is 13.6 Å². The monoisotopic (exact) mass is 257 g/mol. The number of thiophene rings is 1. The lowest BCUT2D eigenvalue weighted by Gasteiger charge is -2.11. The fourth-order valence-corrected chi connectivity index (χ4v) is 2.88. The summed E-state index contributed by atoms with van der Waals surface area (Å²) in [5.41, 5.74) is 1.18. The van der Waals surface area contributed by atoms with Crippen molar-refractivity contribution in [1.29, 1.82) is 5.26 Å². The number of anilines is 1. The van der Waals surface area contributed by atoms with E-state index in [0.29, 0.717) is 18.5 Å². The highest BCUT2D eigenvalue weighted by molar-refractivity contribution is 7.16. The van der Waals surface area contributed by atoms with Gasteiger partial charge in [0.1, 0.15) is 11.1 Å². The summed E-state index contributed by atoms with van der Waals surface area (Å²) >= 11 is 1.18. The van der Waals surface area contributed by atoms with Crippen LogP contribution in [-0.2, 0) is 17.8 Å². The zero-order valence-corrected chi connectivity index (χ0v) is 9.53. The van der Waals surface area contributed by atoms with E-state index in [1.54, 1.807) is 0 Å². The summed E-state index contributed by atoms with van der Waals surface area (Å²) in [4.78, 5) is 11.8. The quantitative estimate of drug-likeness (QED) is 0.843. The largest absolute Gasteiger partial charge is 0.315 e. The van der Waals surface area contributed by atoms with Gasteiger partial charge in [0, 0.05) is 11.4 Å². The van der Waals surface area contributed by atoms with Crippen LogP contribution >= 0.6 is 11.3 Å². The third kappa shape index (κ3) is 2.28. The molecule has 0 radical (unpaired) electrons. The van der Waals surface area contributed by atoms with Gasteiger partial charge in [0.05, 0.1) is 5.56 Å². The summed E-state index contributed by atoms with van der Waals surface area (Å²) in [5.74, 6) is -1.37. The first-order valence-corrected chi connectivity index (χ1v) is 5.79. The SMILES string of the molecule is N#Cc1c(NC(=O)C(F)F)sc2c1CCNC2. The van der Waals surface area contributed by atoms with E-state index in [1.165, 1.54) is 11.3 Å². The maximum Gasteiger partial charge on any atom is 0.315 e. The molecule has 0 unspecified atom stereocenters. The van der Waals surface area contributed by atoms with Crippen LogP contribution in [0.5, 0.6) is 0 Å². The Morgan fingerprint density at radius 1 is 1.59 bits per heavy atom. The van der Waals surface area contributed by atoms with Crippen molar-refractivity contribution in [3.8, 4) is 6.07 Å². The van der Waals surface area contributed by atoms with Gasteiger partial charge in [-0.3, -0.25) is 4.79 Å². The van der Waals surface area contributed by atoms with Crippen molar-refractivity contribution in [2.45, 2.75) is 19.4 Å². The molecule has 17 heavy (non-hydrogen) atoms. The molecule has 0 saturated carbocycles. The van der Waals surface area contributed by atoms with Gasteiger partial charge in [-0.25, -0.2) is 0 Å². The predicted octanol–water partition coefficient (Wildman–Crippen LogP) is 1.47. The van der Waals surface area contributed by atoms with Crippen LogP contribution in [-0.4, -0.2) is 18.9 Å². The third-order valence-corrected chi connectivity index (χ3v) is 3.62. The maximum atomic E-state index is 12.1. The van der Waals surface area contributed by atoms with Gasteiger partial charge in [0.15, 0.2) is 0 Å². The van der Waals surface area contributed by atoms with E-state index in [2.05, 4.69) is 10.6 Å². The first-order valence-electron chi connectivity index (χ1n) is 4.98. The number of fused-ring (bicyclic) bond motifs is 1. The maximum absolute atomic E-state index is 12.1. The molecule has 7 heteroatoms. The van der Waals surface area contributed by atoms with Gasteiger partial charge >= 0.3 is 6.43 Å². The molecule has 1 aromatic rings. The molecule has 1 aliphatic heterocycles. The Balaban J connectivity index is 2.32. The second-order valence-corrected chi connectivity index (χ2v) is 4.64. The van der Waals surface area contributed by atoms with Gasteiger partial charge in [-0.05, 0) is 18.5 Å². The van der Waals surface area contributed by atoms with E-state index in [9.17, 15) is 13.6 Å². The number of nitriles is 1. The third-order valence-electron chi connectivity index (χ3n) is 2.47. The smallest absolute Gasteiger partial charge is 0.312 e. The molecule has 1 aromatic heterocycles. The Morgan fingerprint density at radius 3 is 3.00 bits per heavy atom. The second kappa shape index (κ2) is 4.77. The van der Waals surface area contributed by atoms with E-state index >= 15 is 0 Å². The zero-order valence-electron chi connectivity index (χ0n) is 8.72. The van der Waals surface area contributed by atoms with E-state index in [4.69, 9.17) is 5.26 Å². The van der Waals surface area contributed by atoms with Crippen LogP contribution in [0.25, 0.3) is 0 Å². The fraction of sp³-hybridized carbons (Fsp3) is 0.400. The van der Waals surface area contributed by atoms with Crippen LogP contribution < -0.4 is 10.6 Å². The number of nitrogens with one attached hydrogen (secondary N) is 2. The van der Waals surface area contributed by atoms with Gasteiger partial charge in [0.25, 0.3) is 5.91 Å². The van der Waals surface area contributed by atoms with Crippen molar-refractivity contribution in [3.63, 3.8) is 0 Å². The molecule has 1 amide bonds. The van der Waals surface area contributed by atoms with Crippen LogP contribution in [0, 0.1) is 11.3 Å². The summed E-state index contributed by atoms with van der Waals surface area (Å²) in [6, 6.07) is 1.97. The molecule has 0 bridgehead atoms. The molecule has 90 valence electrons. The first-order chi connectivity index (χ1) is 8.13. The number of rotatable bonds is 2. The number of halogens is 2. The van der Waals surface area contributed by atoms with Crippen molar-refractivity contribution in [2.75, 3.05) is 11.9 Å². The average molecular weight is 257 g/mol. The molecule has 1 aliphatic rings. The standard InChI is InChI=1S/C10H9F2N3OS/c11-8(12)9(16)15-10-6(3-13)5-1-2-14-4-7(5)17-10/h8,14H,1-2,4H2,(H,15,16). The summed E-state index contributed by atoms with van der Waals surface area (Å²) in [6.45, 7) is 1.36. The molecule has 4 nitrogen and oxygen atoms in total. The van der Waals surface area contributed by atoms with Crippen LogP contribution in [0.1, 0.15) is 16.0 Å². The number of alkyl halides is 2. The van der Waals surface area contributed by atoms with Gasteiger partial charge < -0.3 is 10.6 Å². The number of amides is 1. The van der Waals surface area contributed by atoms with Crippen LogP contribution in [0.15, 0.2) is 0 Å². The Hall–Kier alpha value is -1.52. The minimum absolute atomic E-state index is 0.228. The summed E-state index contributed by atoms with van der Waals surface area (Å²) < 4.78 is 24.3. The molecule has 0 saturated heterocycles. The number of carbonyl (C=O) groups excluding carboxylic acids is 1. The molecule has 0 aromatic carbocycles. The van der Waals surface area contributed by atoms with E-state index in [-0.39, 0.29) is 5.00 Å². The number of nitrogens with zero attached hydrogens (tertiary/aromatic N) is 1. The molecule has 0 fully saturated rings. The Bertz CT molecular complexity index is 492. The number of hydrogen-bond donors (Lipinski definition) is 2. The van der Waals surface area contributed by atoms with Crippen molar-refractivity contribution in [3.05, 3.63) is 16.0 Å². The topological polar surface area (TPSA) is 64.9 Å². The van der Waals surface area contributed by atoms with Crippen molar-refractivity contribution in [2.24, 2.45) is 0 Å². The van der Waals surface area contributed by atoms with Gasteiger partial charge in [0.2, 0.25) is 0 Å². The molecule has 2 rings (SSSR count). The minimum atomic E-state index is -3.07. The molecule has 2 N–H and O–H groups in total. The minimum Gasteiger partial charge on any atom is -0.312 e. The first kappa shape index (κ1) is 12.0. The highest BCUT2D eigenvalue weighted by atomic mass is 32.1. The molecule has 0 spiro atoms. The Morgan fingerprint density at radius 2 is 2.35 bits per heavy atom. The van der Waals surface area contributed by atoms with Crippen molar-refractivity contribution >= 4 is 22.2 Å². The van der Waals surface area contributed by atoms with Crippen LogP contribution in [0.4, 0.5) is 13.8 Å². The highest BCUT2D eigenvalue weighted by Gasteiger charge is 2.23. The Kier molecular flexibility index (Phi) is 3.36. The second-order valence-electron chi connectivity index (χ2n) is 3.54.